The highest BCUT2D eigenvalue weighted by Crippen LogP contribution is 2.31. The fraction of sp³-hybridized carbons (Fsp3) is 0.581. The Bertz CT molecular complexity index is 1070. The third-order valence-corrected chi connectivity index (χ3v) is 7.89. The van der Waals surface area contributed by atoms with Gasteiger partial charge in [-0.05, 0) is 74.9 Å². The van der Waals surface area contributed by atoms with Crippen molar-refractivity contribution in [2.75, 3.05) is 53.6 Å². The molecule has 0 N–H and O–H groups in total. The number of benzene rings is 2. The van der Waals surface area contributed by atoms with Crippen LogP contribution in [0.4, 0.5) is 4.39 Å². The van der Waals surface area contributed by atoms with Gasteiger partial charge < -0.3 is 23.8 Å². The number of amides is 1. The molecule has 0 saturated carbocycles. The first kappa shape index (κ1) is 29.2. The van der Waals surface area contributed by atoms with Crippen LogP contribution in [0.5, 0.6) is 17.2 Å². The number of halogens is 1. The Kier molecular flexibility index (Phi) is 10.9. The highest BCUT2D eigenvalue weighted by molar-refractivity contribution is 5.76. The van der Waals surface area contributed by atoms with Crippen LogP contribution < -0.4 is 14.2 Å². The second-order valence-electron chi connectivity index (χ2n) is 10.6. The molecule has 0 bridgehead atoms. The van der Waals surface area contributed by atoms with E-state index in [0.29, 0.717) is 25.4 Å². The molecule has 2 aromatic rings. The van der Waals surface area contributed by atoms with Crippen molar-refractivity contribution in [1.82, 2.24) is 9.80 Å². The Morgan fingerprint density at radius 3 is 2.59 bits per heavy atom. The summed E-state index contributed by atoms with van der Waals surface area (Å²) in [6, 6.07) is 12.6. The zero-order valence-electron chi connectivity index (χ0n) is 23.5. The van der Waals surface area contributed by atoms with Gasteiger partial charge >= 0.3 is 0 Å². The van der Waals surface area contributed by atoms with Crippen LogP contribution in [0.15, 0.2) is 42.5 Å². The van der Waals surface area contributed by atoms with E-state index in [2.05, 4.69) is 17.0 Å². The van der Waals surface area contributed by atoms with Crippen LogP contribution in [0, 0.1) is 5.82 Å². The van der Waals surface area contributed by atoms with Gasteiger partial charge in [-0.15, -0.1) is 0 Å². The molecule has 0 radical (unpaired) electrons. The average molecular weight is 543 g/mol. The molecule has 8 heteroatoms. The number of carbonyl (C=O) groups excluding carboxylic acids is 1. The smallest absolute Gasteiger partial charge is 0.222 e. The lowest BCUT2D eigenvalue weighted by atomic mass is 9.95. The Balaban J connectivity index is 1.29. The van der Waals surface area contributed by atoms with Crippen LogP contribution in [-0.4, -0.2) is 74.9 Å². The minimum Gasteiger partial charge on any atom is -0.493 e. The van der Waals surface area contributed by atoms with Crippen LogP contribution in [0.3, 0.4) is 0 Å². The Labute approximate surface area is 232 Å². The summed E-state index contributed by atoms with van der Waals surface area (Å²) in [4.78, 5) is 16.6. The third kappa shape index (κ3) is 8.32. The second kappa shape index (κ2) is 14.5. The highest BCUT2D eigenvalue weighted by atomic mass is 19.1. The second-order valence-corrected chi connectivity index (χ2v) is 10.6. The van der Waals surface area contributed by atoms with E-state index in [4.69, 9.17) is 18.9 Å². The predicted molar refractivity (Wildman–Crippen MR) is 149 cm³/mol. The molecule has 2 heterocycles. The highest BCUT2D eigenvalue weighted by Gasteiger charge is 2.34. The largest absolute Gasteiger partial charge is 0.493 e. The Morgan fingerprint density at radius 2 is 1.77 bits per heavy atom. The summed E-state index contributed by atoms with van der Waals surface area (Å²) in [7, 11) is 3.37. The normalized spacial score (nSPS) is 20.8. The summed E-state index contributed by atoms with van der Waals surface area (Å²) < 4.78 is 37.5. The average Bonchev–Trinajstić information content (AvgIpc) is 3.29. The third-order valence-electron chi connectivity index (χ3n) is 7.89. The molecule has 2 aliphatic rings. The van der Waals surface area contributed by atoms with E-state index < -0.39 is 5.60 Å². The molecule has 1 atom stereocenters. The number of methoxy groups -OCH3 is 2. The molecule has 1 unspecified atom stereocenters. The fourth-order valence-electron chi connectivity index (χ4n) is 5.46. The molecule has 1 amide bonds. The quantitative estimate of drug-likeness (QED) is 0.332. The van der Waals surface area contributed by atoms with Gasteiger partial charge in [0.25, 0.3) is 0 Å². The van der Waals surface area contributed by atoms with Crippen LogP contribution in [0.25, 0.3) is 0 Å². The van der Waals surface area contributed by atoms with Gasteiger partial charge in [0.1, 0.15) is 12.2 Å². The maximum absolute atomic E-state index is 14.0. The molecule has 2 aliphatic heterocycles. The van der Waals surface area contributed by atoms with E-state index >= 15 is 0 Å². The molecule has 4 rings (SSSR count). The van der Waals surface area contributed by atoms with Gasteiger partial charge in [0.15, 0.2) is 23.1 Å². The first-order valence-electron chi connectivity index (χ1n) is 14.2. The molecule has 214 valence electrons. The minimum absolute atomic E-state index is 0.263. The van der Waals surface area contributed by atoms with Gasteiger partial charge in [-0.2, -0.15) is 0 Å². The molecule has 2 saturated heterocycles. The molecule has 0 spiro atoms. The lowest BCUT2D eigenvalue weighted by molar-refractivity contribution is -0.130. The molecular weight excluding hydrogens is 499 g/mol. The van der Waals surface area contributed by atoms with E-state index in [-0.39, 0.29) is 17.5 Å². The monoisotopic (exact) mass is 542 g/mol. The number of nitrogens with zero attached hydrogens (tertiary/aromatic N) is 2. The standard InChI is InChI=1S/C31H43FN2O5/c1-36-28-14-13-25(22-29(28)38-21-9-19-34-18-7-3-4-12-30(34)35)23-33-17-8-15-31(37-2,16-20-33)24-39-27-11-6-5-10-26(27)32/h5-6,10-11,13-14,22H,3-4,7-9,12,15-21,23-24H2,1-2H3. The first-order valence-corrected chi connectivity index (χ1v) is 14.2. The number of hydrogen-bond acceptors (Lipinski definition) is 6. The molecule has 39 heavy (non-hydrogen) atoms. The Morgan fingerprint density at radius 1 is 0.897 bits per heavy atom. The van der Waals surface area contributed by atoms with Crippen molar-refractivity contribution in [3.63, 3.8) is 0 Å². The maximum atomic E-state index is 14.0. The summed E-state index contributed by atoms with van der Waals surface area (Å²) >= 11 is 0. The molecule has 0 aliphatic carbocycles. The lowest BCUT2D eigenvalue weighted by Gasteiger charge is -2.31. The molecule has 7 nitrogen and oxygen atoms in total. The summed E-state index contributed by atoms with van der Waals surface area (Å²) in [6.45, 7) is 5.02. The first-order chi connectivity index (χ1) is 19.0. The van der Waals surface area contributed by atoms with Crippen molar-refractivity contribution in [2.45, 2.75) is 63.5 Å². The number of carbonyl (C=O) groups is 1. The molecule has 2 aromatic carbocycles. The number of likely N-dealkylation sites (tertiary alicyclic amines) is 2. The van der Waals surface area contributed by atoms with Gasteiger partial charge in [0.05, 0.1) is 13.7 Å². The van der Waals surface area contributed by atoms with Crippen LogP contribution in [-0.2, 0) is 16.1 Å². The van der Waals surface area contributed by atoms with Gasteiger partial charge in [-0.1, -0.05) is 24.6 Å². The van der Waals surface area contributed by atoms with Crippen LogP contribution in [0.2, 0.25) is 0 Å². The predicted octanol–water partition coefficient (Wildman–Crippen LogP) is 5.46. The fourth-order valence-corrected chi connectivity index (χ4v) is 5.46. The zero-order valence-corrected chi connectivity index (χ0v) is 23.5. The van der Waals surface area contributed by atoms with Crippen LogP contribution >= 0.6 is 0 Å². The summed E-state index contributed by atoms with van der Waals surface area (Å²) in [5.41, 5.74) is 0.709. The van der Waals surface area contributed by atoms with Crippen molar-refractivity contribution in [1.29, 1.82) is 0 Å². The van der Waals surface area contributed by atoms with Crippen molar-refractivity contribution in [3.8, 4) is 17.2 Å². The maximum Gasteiger partial charge on any atom is 0.222 e. The summed E-state index contributed by atoms with van der Waals surface area (Å²) in [5, 5.41) is 0. The van der Waals surface area contributed by atoms with Crippen molar-refractivity contribution in [2.24, 2.45) is 0 Å². The van der Waals surface area contributed by atoms with E-state index in [1.165, 1.54) is 6.07 Å². The van der Waals surface area contributed by atoms with Crippen molar-refractivity contribution < 1.29 is 28.1 Å². The van der Waals surface area contributed by atoms with Gasteiger partial charge in [-0.3, -0.25) is 9.69 Å². The van der Waals surface area contributed by atoms with Gasteiger partial charge in [-0.25, -0.2) is 4.39 Å². The Hall–Kier alpha value is -2.84. The SMILES string of the molecule is COc1ccc(CN2CCCC(COc3ccccc3F)(OC)CC2)cc1OCCCN1CCCCCC1=O. The molecular formula is C31H43FN2O5. The lowest BCUT2D eigenvalue weighted by Crippen LogP contribution is -2.39. The zero-order chi connectivity index (χ0) is 27.5. The van der Waals surface area contributed by atoms with Crippen LogP contribution in [0.1, 0.15) is 56.9 Å². The summed E-state index contributed by atoms with van der Waals surface area (Å²) in [6.07, 6.45) is 7.29. The van der Waals surface area contributed by atoms with E-state index in [9.17, 15) is 9.18 Å². The number of rotatable bonds is 12. The molecule has 2 fully saturated rings. The molecule has 0 aromatic heterocycles. The van der Waals surface area contributed by atoms with E-state index in [1.54, 1.807) is 32.4 Å². The number of hydrogen-bond donors (Lipinski definition) is 0. The summed E-state index contributed by atoms with van der Waals surface area (Å²) in [5.74, 6) is 1.62. The van der Waals surface area contributed by atoms with Gasteiger partial charge in [0.2, 0.25) is 5.91 Å². The van der Waals surface area contributed by atoms with E-state index in [0.717, 1.165) is 89.0 Å². The van der Waals surface area contributed by atoms with Crippen molar-refractivity contribution in [3.05, 3.63) is 53.8 Å². The minimum atomic E-state index is -0.444. The topological polar surface area (TPSA) is 60.5 Å². The van der Waals surface area contributed by atoms with E-state index in [1.807, 2.05) is 11.0 Å². The number of ether oxygens (including phenoxy) is 4. The number of para-hydroxylation sites is 1. The van der Waals surface area contributed by atoms with Gasteiger partial charge in [0, 0.05) is 39.7 Å². The van der Waals surface area contributed by atoms with Crippen molar-refractivity contribution >= 4 is 5.91 Å².